The van der Waals surface area contributed by atoms with E-state index in [2.05, 4.69) is 5.10 Å². The van der Waals surface area contributed by atoms with Crippen molar-refractivity contribution >= 4 is 6.21 Å². The average Bonchev–Trinajstić information content (AvgIpc) is 2.55. The topological polar surface area (TPSA) is 56.1 Å². The van der Waals surface area contributed by atoms with E-state index in [9.17, 15) is 10.2 Å². The zero-order valence-electron chi connectivity index (χ0n) is 13.1. The van der Waals surface area contributed by atoms with Gasteiger partial charge in [-0.25, -0.2) is 0 Å². The number of aryl methyl sites for hydroxylation is 1. The second-order valence-corrected chi connectivity index (χ2v) is 5.43. The molecule has 4 heteroatoms. The van der Waals surface area contributed by atoms with Gasteiger partial charge in [-0.3, -0.25) is 5.01 Å². The van der Waals surface area contributed by atoms with Gasteiger partial charge in [-0.1, -0.05) is 42.5 Å². The average molecular weight is 298 g/mol. The molecule has 2 aromatic carbocycles. The van der Waals surface area contributed by atoms with Crippen molar-refractivity contribution in [1.29, 1.82) is 0 Å². The van der Waals surface area contributed by atoms with Crippen molar-refractivity contribution in [2.45, 2.75) is 26.0 Å². The molecule has 0 fully saturated rings. The molecule has 0 heterocycles. The minimum Gasteiger partial charge on any atom is -0.507 e. The molecule has 0 aliphatic heterocycles. The van der Waals surface area contributed by atoms with Gasteiger partial charge in [0.1, 0.15) is 11.9 Å². The lowest BCUT2D eigenvalue weighted by Gasteiger charge is -2.26. The number of aliphatic hydroxyl groups is 1. The fourth-order valence-corrected chi connectivity index (χ4v) is 2.18. The number of aliphatic hydroxyl groups excluding tert-OH is 1. The van der Waals surface area contributed by atoms with Crippen LogP contribution in [0, 0.1) is 6.92 Å². The maximum Gasteiger partial charge on any atom is 0.127 e. The number of benzene rings is 2. The summed E-state index contributed by atoms with van der Waals surface area (Å²) in [5.74, 6) is 0.232. The first kappa shape index (κ1) is 16.0. The number of likely N-dealkylation sites (N-methyl/N-ethyl adjacent to an activating group) is 1. The van der Waals surface area contributed by atoms with E-state index in [1.165, 1.54) is 0 Å². The zero-order valence-corrected chi connectivity index (χ0v) is 13.1. The Bertz CT molecular complexity index is 641. The molecular weight excluding hydrogens is 276 g/mol. The largest absolute Gasteiger partial charge is 0.507 e. The molecule has 0 amide bonds. The van der Waals surface area contributed by atoms with Gasteiger partial charge in [0, 0.05) is 12.6 Å². The molecule has 2 atom stereocenters. The fraction of sp³-hybridized carbons (Fsp3) is 0.278. The number of rotatable bonds is 5. The van der Waals surface area contributed by atoms with Gasteiger partial charge < -0.3 is 10.2 Å². The molecule has 2 rings (SSSR count). The molecule has 0 saturated carbocycles. The number of hydrogen-bond acceptors (Lipinski definition) is 4. The molecule has 0 aliphatic rings. The molecule has 116 valence electrons. The molecule has 2 aromatic rings. The molecule has 0 spiro atoms. The van der Waals surface area contributed by atoms with Crippen LogP contribution < -0.4 is 0 Å². The Morgan fingerprint density at radius 2 is 1.77 bits per heavy atom. The van der Waals surface area contributed by atoms with Crippen molar-refractivity contribution in [3.05, 3.63) is 65.2 Å². The van der Waals surface area contributed by atoms with Gasteiger partial charge in [-0.15, -0.1) is 0 Å². The number of aromatic hydroxyl groups is 1. The monoisotopic (exact) mass is 298 g/mol. The van der Waals surface area contributed by atoms with Crippen LogP contribution in [0.5, 0.6) is 5.75 Å². The SMILES string of the molecule is Cc1cccc(/C=N/N(C)[C@@H](C)[C@H](O)c2ccccc2)c1O. The van der Waals surface area contributed by atoms with Gasteiger partial charge in [-0.05, 0) is 31.0 Å². The van der Waals surface area contributed by atoms with E-state index in [0.29, 0.717) is 5.56 Å². The van der Waals surface area contributed by atoms with Crippen molar-refractivity contribution in [3.63, 3.8) is 0 Å². The van der Waals surface area contributed by atoms with E-state index in [4.69, 9.17) is 0 Å². The number of hydrazone groups is 1. The predicted octanol–water partition coefficient (Wildman–Crippen LogP) is 3.09. The summed E-state index contributed by atoms with van der Waals surface area (Å²) < 4.78 is 0. The van der Waals surface area contributed by atoms with Gasteiger partial charge in [-0.2, -0.15) is 5.10 Å². The molecular formula is C18H22N2O2. The van der Waals surface area contributed by atoms with Crippen LogP contribution in [-0.4, -0.2) is 34.5 Å². The lowest BCUT2D eigenvalue weighted by molar-refractivity contribution is 0.0748. The van der Waals surface area contributed by atoms with Crippen LogP contribution >= 0.6 is 0 Å². The minimum atomic E-state index is -0.630. The highest BCUT2D eigenvalue weighted by Gasteiger charge is 2.19. The van der Waals surface area contributed by atoms with Gasteiger partial charge in [0.25, 0.3) is 0 Å². The van der Waals surface area contributed by atoms with Crippen LogP contribution in [-0.2, 0) is 0 Å². The van der Waals surface area contributed by atoms with Crippen molar-refractivity contribution in [2.24, 2.45) is 5.10 Å². The van der Waals surface area contributed by atoms with E-state index in [1.807, 2.05) is 56.3 Å². The Morgan fingerprint density at radius 1 is 1.09 bits per heavy atom. The molecule has 0 aromatic heterocycles. The highest BCUT2D eigenvalue weighted by atomic mass is 16.3. The molecule has 0 radical (unpaired) electrons. The zero-order chi connectivity index (χ0) is 16.1. The molecule has 22 heavy (non-hydrogen) atoms. The first-order chi connectivity index (χ1) is 10.5. The smallest absolute Gasteiger partial charge is 0.127 e. The summed E-state index contributed by atoms with van der Waals surface area (Å²) in [6, 6.07) is 14.8. The van der Waals surface area contributed by atoms with Crippen molar-refractivity contribution in [1.82, 2.24) is 5.01 Å². The van der Waals surface area contributed by atoms with Gasteiger partial charge in [0.2, 0.25) is 0 Å². The van der Waals surface area contributed by atoms with E-state index in [1.54, 1.807) is 24.3 Å². The molecule has 0 bridgehead atoms. The summed E-state index contributed by atoms with van der Waals surface area (Å²) in [5, 5.41) is 26.4. The Balaban J connectivity index is 2.09. The number of nitrogens with zero attached hydrogens (tertiary/aromatic N) is 2. The lowest BCUT2D eigenvalue weighted by Crippen LogP contribution is -2.30. The van der Waals surface area contributed by atoms with E-state index < -0.39 is 6.10 Å². The van der Waals surface area contributed by atoms with Crippen molar-refractivity contribution < 1.29 is 10.2 Å². The minimum absolute atomic E-state index is 0.189. The summed E-state index contributed by atoms with van der Waals surface area (Å²) >= 11 is 0. The fourth-order valence-electron chi connectivity index (χ4n) is 2.18. The third-order valence-electron chi connectivity index (χ3n) is 3.84. The molecule has 0 aliphatic carbocycles. The summed E-state index contributed by atoms with van der Waals surface area (Å²) in [5.41, 5.74) is 2.33. The van der Waals surface area contributed by atoms with E-state index >= 15 is 0 Å². The summed E-state index contributed by atoms with van der Waals surface area (Å²) in [6.45, 7) is 3.75. The Hall–Kier alpha value is -2.33. The maximum atomic E-state index is 10.4. The Kier molecular flexibility index (Phi) is 5.17. The Morgan fingerprint density at radius 3 is 2.45 bits per heavy atom. The normalized spacial score (nSPS) is 14.0. The predicted molar refractivity (Wildman–Crippen MR) is 89.1 cm³/mol. The second kappa shape index (κ2) is 7.09. The van der Waals surface area contributed by atoms with E-state index in [-0.39, 0.29) is 11.8 Å². The summed E-state index contributed by atoms with van der Waals surface area (Å²) in [6.07, 6.45) is 0.978. The lowest BCUT2D eigenvalue weighted by atomic mass is 10.0. The maximum absolute atomic E-state index is 10.4. The van der Waals surface area contributed by atoms with Crippen LogP contribution in [0.1, 0.15) is 29.7 Å². The van der Waals surface area contributed by atoms with Crippen LogP contribution in [0.4, 0.5) is 0 Å². The van der Waals surface area contributed by atoms with Crippen LogP contribution in [0.25, 0.3) is 0 Å². The Labute approximate surface area is 131 Å². The second-order valence-electron chi connectivity index (χ2n) is 5.43. The number of para-hydroxylation sites is 1. The van der Waals surface area contributed by atoms with Crippen LogP contribution in [0.15, 0.2) is 53.6 Å². The number of hydrogen-bond donors (Lipinski definition) is 2. The molecule has 0 saturated heterocycles. The highest BCUT2D eigenvalue weighted by Crippen LogP contribution is 2.21. The van der Waals surface area contributed by atoms with Crippen LogP contribution in [0.3, 0.4) is 0 Å². The van der Waals surface area contributed by atoms with Crippen LogP contribution in [0.2, 0.25) is 0 Å². The van der Waals surface area contributed by atoms with Gasteiger partial charge in [0.15, 0.2) is 0 Å². The summed E-state index contributed by atoms with van der Waals surface area (Å²) in [7, 11) is 1.81. The first-order valence-electron chi connectivity index (χ1n) is 7.29. The summed E-state index contributed by atoms with van der Waals surface area (Å²) in [4.78, 5) is 0. The quantitative estimate of drug-likeness (QED) is 0.659. The third-order valence-corrected chi connectivity index (χ3v) is 3.84. The molecule has 4 nitrogen and oxygen atoms in total. The van der Waals surface area contributed by atoms with E-state index in [0.717, 1.165) is 11.1 Å². The van der Waals surface area contributed by atoms with Gasteiger partial charge in [0.05, 0.1) is 12.3 Å². The highest BCUT2D eigenvalue weighted by molar-refractivity contribution is 5.83. The third kappa shape index (κ3) is 3.65. The van der Waals surface area contributed by atoms with Crippen molar-refractivity contribution in [2.75, 3.05) is 7.05 Å². The standard InChI is InChI=1S/C18H22N2O2/c1-13-8-7-11-16(17(13)21)12-19-20(3)14(2)18(22)15-9-5-4-6-10-15/h4-12,14,18,21-22H,1-3H3/b19-12+/t14-,18-/m0/s1. The van der Waals surface area contributed by atoms with Gasteiger partial charge >= 0.3 is 0 Å². The van der Waals surface area contributed by atoms with Crippen molar-refractivity contribution in [3.8, 4) is 5.75 Å². The molecule has 0 unspecified atom stereocenters. The number of phenols is 1. The number of phenolic OH excluding ortho intramolecular Hbond substituents is 1. The first-order valence-corrected chi connectivity index (χ1v) is 7.29. The molecule has 2 N–H and O–H groups in total.